The molecular weight excluding hydrogens is 342 g/mol. The molecule has 1 heterocycles. The lowest BCUT2D eigenvalue weighted by Crippen LogP contribution is -2.53. The Balaban J connectivity index is 2.43. The Morgan fingerprint density at radius 2 is 1.89 bits per heavy atom. The van der Waals surface area contributed by atoms with Crippen LogP contribution in [0.5, 0.6) is 11.5 Å². The van der Waals surface area contributed by atoms with E-state index in [9.17, 15) is 4.79 Å². The first-order valence-electron chi connectivity index (χ1n) is 9.99. The number of rotatable bonds is 8. The van der Waals surface area contributed by atoms with Crippen molar-refractivity contribution in [2.75, 3.05) is 33.9 Å². The fraction of sp³-hybridized carbons (Fsp3) is 0.667. The van der Waals surface area contributed by atoms with Crippen LogP contribution in [0.2, 0.25) is 0 Å². The van der Waals surface area contributed by atoms with Crippen LogP contribution >= 0.6 is 0 Å². The van der Waals surface area contributed by atoms with Gasteiger partial charge in [-0.05, 0) is 48.6 Å². The number of nitrogens with zero attached hydrogens (tertiary/aromatic N) is 1. The Morgan fingerprint density at radius 1 is 1.22 bits per heavy atom. The average molecular weight is 378 g/mol. The largest absolute Gasteiger partial charge is 0.493 e. The van der Waals surface area contributed by atoms with Gasteiger partial charge in [0.1, 0.15) is 0 Å². The number of nitrogens with one attached hydrogen (secondary N) is 2. The summed E-state index contributed by atoms with van der Waals surface area (Å²) in [5.74, 6) is 1.78. The number of methoxy groups -OCH3 is 2. The third kappa shape index (κ3) is 4.86. The molecule has 2 rings (SSSR count). The van der Waals surface area contributed by atoms with E-state index in [0.29, 0.717) is 6.54 Å². The van der Waals surface area contributed by atoms with Gasteiger partial charge in [-0.25, -0.2) is 4.79 Å². The van der Waals surface area contributed by atoms with E-state index in [2.05, 4.69) is 55.4 Å². The summed E-state index contributed by atoms with van der Waals surface area (Å²) in [6.07, 6.45) is 1.89. The first kappa shape index (κ1) is 21.4. The van der Waals surface area contributed by atoms with Crippen molar-refractivity contribution in [3.8, 4) is 11.5 Å². The van der Waals surface area contributed by atoms with Crippen molar-refractivity contribution in [1.82, 2.24) is 15.5 Å². The second-order valence-electron chi connectivity index (χ2n) is 7.40. The number of ether oxygens (including phenoxy) is 2. The SMILES string of the molecule is CCCNC(=O)N[C@@H](C(C)C)[C@@H]1c2cc(OC)c(OC)cc2CCN1CC. The van der Waals surface area contributed by atoms with Crippen LogP contribution in [0.1, 0.15) is 51.3 Å². The van der Waals surface area contributed by atoms with Crippen molar-refractivity contribution in [1.29, 1.82) is 0 Å². The Hall–Kier alpha value is -1.95. The molecule has 0 unspecified atom stereocenters. The Bertz CT molecular complexity index is 633. The van der Waals surface area contributed by atoms with Crippen LogP contribution in [0.3, 0.4) is 0 Å². The smallest absolute Gasteiger partial charge is 0.315 e. The summed E-state index contributed by atoms with van der Waals surface area (Å²) in [6, 6.07) is 4.17. The molecule has 27 heavy (non-hydrogen) atoms. The summed E-state index contributed by atoms with van der Waals surface area (Å²) in [6.45, 7) is 11.1. The highest BCUT2D eigenvalue weighted by Gasteiger charge is 2.36. The van der Waals surface area contributed by atoms with Gasteiger partial charge in [-0.2, -0.15) is 0 Å². The standard InChI is InChI=1S/C21H35N3O3/c1-7-10-22-21(25)23-19(14(3)4)20-16-13-18(27-6)17(26-5)12-15(16)9-11-24(20)8-2/h12-14,19-20H,7-11H2,1-6H3,(H2,22,23,25)/t19-,20-/m0/s1. The summed E-state index contributed by atoms with van der Waals surface area (Å²) in [5.41, 5.74) is 2.49. The predicted octanol–water partition coefficient (Wildman–Crippen LogP) is 3.36. The van der Waals surface area contributed by atoms with E-state index in [1.807, 2.05) is 0 Å². The van der Waals surface area contributed by atoms with Gasteiger partial charge in [-0.1, -0.05) is 27.7 Å². The molecule has 0 saturated carbocycles. The summed E-state index contributed by atoms with van der Waals surface area (Å²) in [5, 5.41) is 6.17. The molecule has 1 aromatic carbocycles. The first-order chi connectivity index (χ1) is 13.0. The van der Waals surface area contributed by atoms with Gasteiger partial charge in [0.15, 0.2) is 11.5 Å². The minimum Gasteiger partial charge on any atom is -0.493 e. The normalized spacial score (nSPS) is 18.0. The predicted molar refractivity (Wildman–Crippen MR) is 109 cm³/mol. The Labute approximate surface area is 163 Å². The van der Waals surface area contributed by atoms with E-state index in [4.69, 9.17) is 9.47 Å². The average Bonchev–Trinajstić information content (AvgIpc) is 2.68. The molecule has 1 aromatic rings. The van der Waals surface area contributed by atoms with Gasteiger partial charge in [0.25, 0.3) is 0 Å². The highest BCUT2D eigenvalue weighted by atomic mass is 16.5. The topological polar surface area (TPSA) is 62.8 Å². The monoisotopic (exact) mass is 377 g/mol. The number of carbonyl (C=O) groups is 1. The van der Waals surface area contributed by atoms with E-state index in [1.165, 1.54) is 11.1 Å². The quantitative estimate of drug-likeness (QED) is 0.729. The zero-order chi connectivity index (χ0) is 20.0. The number of urea groups is 1. The fourth-order valence-electron chi connectivity index (χ4n) is 3.85. The third-order valence-corrected chi connectivity index (χ3v) is 5.32. The number of hydrogen-bond acceptors (Lipinski definition) is 4. The maximum Gasteiger partial charge on any atom is 0.315 e. The highest BCUT2D eigenvalue weighted by Crippen LogP contribution is 2.40. The van der Waals surface area contributed by atoms with Gasteiger partial charge < -0.3 is 20.1 Å². The summed E-state index contributed by atoms with van der Waals surface area (Å²) >= 11 is 0. The molecular formula is C21H35N3O3. The highest BCUT2D eigenvalue weighted by molar-refractivity contribution is 5.74. The molecule has 2 N–H and O–H groups in total. The van der Waals surface area contributed by atoms with Crippen molar-refractivity contribution >= 4 is 6.03 Å². The van der Waals surface area contributed by atoms with Crippen molar-refractivity contribution in [3.05, 3.63) is 23.3 Å². The van der Waals surface area contributed by atoms with Crippen molar-refractivity contribution in [2.45, 2.75) is 52.6 Å². The van der Waals surface area contributed by atoms with Crippen LogP contribution in [-0.4, -0.2) is 50.8 Å². The maximum atomic E-state index is 12.4. The van der Waals surface area contributed by atoms with E-state index in [0.717, 1.165) is 37.4 Å². The molecule has 1 aliphatic rings. The minimum absolute atomic E-state index is 0.000966. The van der Waals surface area contributed by atoms with E-state index in [1.54, 1.807) is 14.2 Å². The molecule has 0 bridgehead atoms. The van der Waals surface area contributed by atoms with E-state index < -0.39 is 0 Å². The molecule has 6 heteroatoms. The Kier molecular flexibility index (Phi) is 7.78. The molecule has 0 fully saturated rings. The molecule has 152 valence electrons. The van der Waals surface area contributed by atoms with Gasteiger partial charge in [0, 0.05) is 13.1 Å². The number of carbonyl (C=O) groups excluding carboxylic acids is 1. The van der Waals surface area contributed by atoms with Crippen LogP contribution in [0.4, 0.5) is 4.79 Å². The minimum atomic E-state index is -0.0980. The second kappa shape index (κ2) is 9.83. The number of likely N-dealkylation sites (N-methyl/N-ethyl adjacent to an activating group) is 1. The van der Waals surface area contributed by atoms with Crippen LogP contribution in [0, 0.1) is 5.92 Å². The van der Waals surface area contributed by atoms with E-state index >= 15 is 0 Å². The van der Waals surface area contributed by atoms with Gasteiger partial charge in [-0.3, -0.25) is 4.90 Å². The molecule has 0 aliphatic carbocycles. The van der Waals surface area contributed by atoms with Crippen LogP contribution < -0.4 is 20.1 Å². The number of benzene rings is 1. The lowest BCUT2D eigenvalue weighted by molar-refractivity contribution is 0.132. The van der Waals surface area contributed by atoms with Crippen LogP contribution in [0.15, 0.2) is 12.1 Å². The number of amides is 2. The second-order valence-corrected chi connectivity index (χ2v) is 7.40. The zero-order valence-corrected chi connectivity index (χ0v) is 17.6. The van der Waals surface area contributed by atoms with Crippen molar-refractivity contribution < 1.29 is 14.3 Å². The van der Waals surface area contributed by atoms with Crippen molar-refractivity contribution in [3.63, 3.8) is 0 Å². The van der Waals surface area contributed by atoms with Gasteiger partial charge in [-0.15, -0.1) is 0 Å². The van der Waals surface area contributed by atoms with Crippen molar-refractivity contribution in [2.24, 2.45) is 5.92 Å². The molecule has 1 aliphatic heterocycles. The Morgan fingerprint density at radius 3 is 2.44 bits per heavy atom. The lowest BCUT2D eigenvalue weighted by Gasteiger charge is -2.43. The maximum absolute atomic E-state index is 12.4. The van der Waals surface area contributed by atoms with Gasteiger partial charge >= 0.3 is 6.03 Å². The molecule has 0 radical (unpaired) electrons. The summed E-state index contributed by atoms with van der Waals surface area (Å²) in [7, 11) is 3.33. The lowest BCUT2D eigenvalue weighted by atomic mass is 9.83. The van der Waals surface area contributed by atoms with Gasteiger partial charge in [0.05, 0.1) is 26.3 Å². The molecule has 0 spiro atoms. The molecule has 0 aromatic heterocycles. The van der Waals surface area contributed by atoms with E-state index in [-0.39, 0.29) is 24.0 Å². The molecule has 2 atom stereocenters. The molecule has 2 amide bonds. The van der Waals surface area contributed by atoms with Gasteiger partial charge in [0.2, 0.25) is 0 Å². The van der Waals surface area contributed by atoms with Crippen LogP contribution in [0.25, 0.3) is 0 Å². The molecule has 6 nitrogen and oxygen atoms in total. The first-order valence-corrected chi connectivity index (χ1v) is 9.99. The molecule has 0 saturated heterocycles. The zero-order valence-electron chi connectivity index (χ0n) is 17.6. The third-order valence-electron chi connectivity index (χ3n) is 5.32. The fourth-order valence-corrected chi connectivity index (χ4v) is 3.85. The number of hydrogen-bond donors (Lipinski definition) is 2. The summed E-state index contributed by atoms with van der Waals surface area (Å²) < 4.78 is 11.0. The summed E-state index contributed by atoms with van der Waals surface area (Å²) in [4.78, 5) is 14.8. The number of fused-ring (bicyclic) bond motifs is 1. The van der Waals surface area contributed by atoms with Crippen LogP contribution in [-0.2, 0) is 6.42 Å².